The largest absolute Gasteiger partial charge is 0.380 e. The summed E-state index contributed by atoms with van der Waals surface area (Å²) in [5, 5.41) is 0. The Balaban J connectivity index is 2.43. The highest BCUT2D eigenvalue weighted by Gasteiger charge is 2.20. The predicted molar refractivity (Wildman–Crippen MR) is 72.9 cm³/mol. The summed E-state index contributed by atoms with van der Waals surface area (Å²) >= 11 is 0. The maximum atomic E-state index is 7.27. The number of hydrogen-bond acceptors (Lipinski definition) is 1. The molecule has 0 N–H and O–H groups in total. The van der Waals surface area contributed by atoms with Crippen molar-refractivity contribution in [2.45, 2.75) is 39.0 Å². The Kier molecular flexibility index (Phi) is 3.11. The van der Waals surface area contributed by atoms with Gasteiger partial charge in [-0.1, -0.05) is 32.9 Å². The Bertz CT molecular complexity index is 443. The first-order valence-electron chi connectivity index (χ1n) is 6.29. The lowest BCUT2D eigenvalue weighted by atomic mass is 9.86. The molecule has 1 aromatic carbocycles. The van der Waals surface area contributed by atoms with Crippen molar-refractivity contribution in [2.75, 3.05) is 18.0 Å². The van der Waals surface area contributed by atoms with Crippen LogP contribution >= 0.6 is 0 Å². The molecule has 0 aromatic heterocycles. The maximum Gasteiger partial charge on any atom is 0.209 e. The minimum absolute atomic E-state index is 0.148. The highest BCUT2D eigenvalue weighted by molar-refractivity contribution is 5.72. The molecule has 0 bridgehead atoms. The normalized spacial score (nSPS) is 16.0. The van der Waals surface area contributed by atoms with Crippen LogP contribution in [0.2, 0.25) is 0 Å². The van der Waals surface area contributed by atoms with Crippen molar-refractivity contribution in [1.82, 2.24) is 0 Å². The third-order valence-corrected chi connectivity index (χ3v) is 3.41. The van der Waals surface area contributed by atoms with Crippen molar-refractivity contribution in [1.29, 1.82) is 0 Å². The zero-order valence-corrected chi connectivity index (χ0v) is 11.0. The van der Waals surface area contributed by atoms with E-state index in [1.165, 1.54) is 18.4 Å². The van der Waals surface area contributed by atoms with Crippen LogP contribution in [0.25, 0.3) is 4.85 Å². The fourth-order valence-corrected chi connectivity index (χ4v) is 2.30. The van der Waals surface area contributed by atoms with Crippen molar-refractivity contribution < 1.29 is 0 Å². The van der Waals surface area contributed by atoms with E-state index in [0.29, 0.717) is 0 Å². The molecule has 1 saturated heterocycles. The average molecular weight is 228 g/mol. The molecule has 0 saturated carbocycles. The topological polar surface area (TPSA) is 7.60 Å². The predicted octanol–water partition coefficient (Wildman–Crippen LogP) is 4.14. The van der Waals surface area contributed by atoms with Gasteiger partial charge in [0, 0.05) is 18.8 Å². The second kappa shape index (κ2) is 4.41. The summed E-state index contributed by atoms with van der Waals surface area (Å²) in [5.41, 5.74) is 3.38. The summed E-state index contributed by atoms with van der Waals surface area (Å²) in [6, 6.07) is 6.27. The van der Waals surface area contributed by atoms with Crippen molar-refractivity contribution in [3.63, 3.8) is 0 Å². The van der Waals surface area contributed by atoms with Crippen molar-refractivity contribution in [2.24, 2.45) is 0 Å². The molecule has 1 aromatic rings. The van der Waals surface area contributed by atoms with Crippen molar-refractivity contribution in [3.05, 3.63) is 35.2 Å². The molecule has 17 heavy (non-hydrogen) atoms. The van der Waals surface area contributed by atoms with Gasteiger partial charge in [-0.2, -0.15) is 0 Å². The number of nitrogens with zero attached hydrogens (tertiary/aromatic N) is 2. The van der Waals surface area contributed by atoms with Crippen LogP contribution in [0, 0.1) is 6.57 Å². The van der Waals surface area contributed by atoms with E-state index in [-0.39, 0.29) is 5.41 Å². The highest BCUT2D eigenvalue weighted by atomic mass is 15.2. The third kappa shape index (κ3) is 2.44. The second-order valence-electron chi connectivity index (χ2n) is 5.76. The Morgan fingerprint density at radius 2 is 1.82 bits per heavy atom. The number of benzene rings is 1. The van der Waals surface area contributed by atoms with Gasteiger partial charge in [0.1, 0.15) is 0 Å². The minimum Gasteiger partial charge on any atom is -0.380 e. The number of hydrogen-bond donors (Lipinski definition) is 0. The van der Waals surface area contributed by atoms with E-state index in [4.69, 9.17) is 6.57 Å². The van der Waals surface area contributed by atoms with Crippen molar-refractivity contribution >= 4 is 11.4 Å². The van der Waals surface area contributed by atoms with Gasteiger partial charge in [-0.3, -0.25) is 0 Å². The Labute approximate surface area is 104 Å². The third-order valence-electron chi connectivity index (χ3n) is 3.41. The molecule has 1 heterocycles. The van der Waals surface area contributed by atoms with Gasteiger partial charge in [0.2, 0.25) is 5.69 Å². The summed E-state index contributed by atoms with van der Waals surface area (Å²) in [4.78, 5) is 6.00. The lowest BCUT2D eigenvalue weighted by molar-refractivity contribution is 0.590. The lowest BCUT2D eigenvalue weighted by Gasteiger charge is -2.24. The van der Waals surface area contributed by atoms with E-state index in [9.17, 15) is 0 Å². The van der Waals surface area contributed by atoms with Crippen LogP contribution in [0.15, 0.2) is 18.2 Å². The van der Waals surface area contributed by atoms with E-state index in [0.717, 1.165) is 24.5 Å². The molecule has 1 fully saturated rings. The van der Waals surface area contributed by atoms with Gasteiger partial charge in [0.05, 0.1) is 6.57 Å². The van der Waals surface area contributed by atoms with E-state index in [1.54, 1.807) is 0 Å². The Morgan fingerprint density at radius 1 is 1.18 bits per heavy atom. The first-order valence-corrected chi connectivity index (χ1v) is 6.29. The highest BCUT2D eigenvalue weighted by Crippen LogP contribution is 2.35. The smallest absolute Gasteiger partial charge is 0.209 e. The molecule has 90 valence electrons. The molecule has 2 rings (SSSR count). The van der Waals surface area contributed by atoms with Crippen LogP contribution < -0.4 is 4.90 Å². The lowest BCUT2D eigenvalue weighted by Crippen LogP contribution is -2.19. The van der Waals surface area contributed by atoms with Gasteiger partial charge in [-0.25, -0.2) is 4.85 Å². The van der Waals surface area contributed by atoms with Gasteiger partial charge >= 0.3 is 0 Å². The molecule has 0 unspecified atom stereocenters. The second-order valence-corrected chi connectivity index (χ2v) is 5.76. The Hall–Kier alpha value is -1.49. The van der Waals surface area contributed by atoms with Gasteiger partial charge in [0.25, 0.3) is 0 Å². The minimum atomic E-state index is 0.148. The standard InChI is InChI=1S/C15H20N2/c1-15(2,3)12-7-8-13(16-4)14(11-12)17-9-5-6-10-17/h7-8,11H,5-6,9-10H2,1-3H3. The maximum absolute atomic E-state index is 7.27. The molecular formula is C15H20N2. The quantitative estimate of drug-likeness (QED) is 0.656. The number of anilines is 1. The molecule has 0 amide bonds. The molecule has 1 aliphatic rings. The van der Waals surface area contributed by atoms with Crippen LogP contribution in [-0.2, 0) is 5.41 Å². The summed E-state index contributed by atoms with van der Waals surface area (Å²) in [7, 11) is 0. The zero-order chi connectivity index (χ0) is 12.5. The summed E-state index contributed by atoms with van der Waals surface area (Å²) in [6.07, 6.45) is 2.49. The summed E-state index contributed by atoms with van der Waals surface area (Å²) < 4.78 is 0. The molecular weight excluding hydrogens is 208 g/mol. The van der Waals surface area contributed by atoms with Gasteiger partial charge in [-0.05, 0) is 29.9 Å². The molecule has 0 spiro atoms. The van der Waals surface area contributed by atoms with Crippen LogP contribution in [-0.4, -0.2) is 13.1 Å². The van der Waals surface area contributed by atoms with E-state index in [1.807, 2.05) is 6.07 Å². The molecule has 0 atom stereocenters. The fraction of sp³-hybridized carbons (Fsp3) is 0.533. The SMILES string of the molecule is [C-]#[N+]c1ccc(C(C)(C)C)cc1N1CCCC1. The molecule has 0 radical (unpaired) electrons. The van der Waals surface area contributed by atoms with E-state index >= 15 is 0 Å². The first-order chi connectivity index (χ1) is 8.02. The van der Waals surface area contributed by atoms with E-state index < -0.39 is 0 Å². The number of rotatable bonds is 1. The van der Waals surface area contributed by atoms with Gasteiger partial charge in [0.15, 0.2) is 0 Å². The van der Waals surface area contributed by atoms with E-state index in [2.05, 4.69) is 42.6 Å². The fourth-order valence-electron chi connectivity index (χ4n) is 2.30. The zero-order valence-electron chi connectivity index (χ0n) is 11.0. The van der Waals surface area contributed by atoms with Gasteiger partial charge < -0.3 is 4.90 Å². The molecule has 2 nitrogen and oxygen atoms in total. The Morgan fingerprint density at radius 3 is 2.35 bits per heavy atom. The summed E-state index contributed by atoms with van der Waals surface area (Å²) in [6.45, 7) is 16.1. The van der Waals surface area contributed by atoms with Gasteiger partial charge in [-0.15, -0.1) is 0 Å². The monoisotopic (exact) mass is 228 g/mol. The van der Waals surface area contributed by atoms with Crippen LogP contribution in [0.4, 0.5) is 11.4 Å². The molecule has 2 heteroatoms. The summed E-state index contributed by atoms with van der Waals surface area (Å²) in [5.74, 6) is 0. The van der Waals surface area contributed by atoms with Crippen LogP contribution in [0.5, 0.6) is 0 Å². The molecule has 1 aliphatic heterocycles. The molecule has 0 aliphatic carbocycles. The van der Waals surface area contributed by atoms with Crippen LogP contribution in [0.3, 0.4) is 0 Å². The van der Waals surface area contributed by atoms with Crippen molar-refractivity contribution in [3.8, 4) is 0 Å². The average Bonchev–Trinajstić information content (AvgIpc) is 2.80. The van der Waals surface area contributed by atoms with Crippen LogP contribution in [0.1, 0.15) is 39.2 Å². The first kappa shape index (κ1) is 12.0.